The summed E-state index contributed by atoms with van der Waals surface area (Å²) < 4.78 is 0. The molecule has 0 spiro atoms. The molecule has 0 aliphatic rings. The molecule has 0 saturated carbocycles. The summed E-state index contributed by atoms with van der Waals surface area (Å²) in [5.41, 5.74) is 5.86. The van der Waals surface area contributed by atoms with Crippen molar-refractivity contribution in [1.29, 1.82) is 0 Å². The molecule has 0 fully saturated rings. The predicted molar refractivity (Wildman–Crippen MR) is 62.0 cm³/mol. The smallest absolute Gasteiger partial charge is 0.236 e. The largest absolute Gasteiger partial charge is 0.389 e. The van der Waals surface area contributed by atoms with Crippen LogP contribution in [-0.4, -0.2) is 29.1 Å². The number of aromatic nitrogens is 1. The van der Waals surface area contributed by atoms with E-state index in [1.165, 1.54) is 0 Å². The minimum atomic E-state index is -0.620. The molecule has 1 unspecified atom stereocenters. The summed E-state index contributed by atoms with van der Waals surface area (Å²) in [5.74, 6) is 0.197. The maximum absolute atomic E-state index is 10.9. The van der Waals surface area contributed by atoms with Crippen molar-refractivity contribution in [3.63, 3.8) is 0 Å². The van der Waals surface area contributed by atoms with Gasteiger partial charge in [-0.2, -0.15) is 0 Å². The monoisotopic (exact) mass is 223 g/mol. The fraction of sp³-hybridized carbons (Fsp3) is 0.455. The van der Waals surface area contributed by atoms with Crippen LogP contribution in [0.5, 0.6) is 0 Å². The highest BCUT2D eigenvalue weighted by Gasteiger charge is 2.15. The molecule has 0 aliphatic heterocycles. The molecule has 1 amide bonds. The van der Waals surface area contributed by atoms with Crippen LogP contribution in [0.4, 0.5) is 5.82 Å². The Kier molecular flexibility index (Phi) is 4.25. The van der Waals surface area contributed by atoms with E-state index in [-0.39, 0.29) is 6.54 Å². The molecule has 0 saturated heterocycles. The number of rotatable bonds is 5. The Labute approximate surface area is 94.9 Å². The van der Waals surface area contributed by atoms with Crippen molar-refractivity contribution in [2.24, 2.45) is 5.73 Å². The third-order valence-electron chi connectivity index (χ3n) is 2.29. The zero-order valence-corrected chi connectivity index (χ0v) is 9.55. The average Bonchev–Trinajstić information content (AvgIpc) is 2.25. The fourth-order valence-electron chi connectivity index (χ4n) is 1.52. The number of anilines is 1. The number of primary amides is 1. The van der Waals surface area contributed by atoms with Gasteiger partial charge in [0.2, 0.25) is 5.91 Å². The Hall–Kier alpha value is -1.62. The van der Waals surface area contributed by atoms with Gasteiger partial charge in [-0.15, -0.1) is 0 Å². The van der Waals surface area contributed by atoms with Crippen LogP contribution in [0.15, 0.2) is 18.3 Å². The van der Waals surface area contributed by atoms with E-state index in [0.717, 1.165) is 0 Å². The first-order valence-electron chi connectivity index (χ1n) is 5.22. The van der Waals surface area contributed by atoms with Gasteiger partial charge in [-0.05, 0) is 19.9 Å². The quantitative estimate of drug-likeness (QED) is 0.759. The van der Waals surface area contributed by atoms with Crippen LogP contribution in [0.1, 0.15) is 25.5 Å². The van der Waals surface area contributed by atoms with Gasteiger partial charge in [-0.3, -0.25) is 4.79 Å². The van der Waals surface area contributed by atoms with Gasteiger partial charge in [0, 0.05) is 18.3 Å². The van der Waals surface area contributed by atoms with Crippen molar-refractivity contribution in [3.05, 3.63) is 23.9 Å². The number of carbonyl (C=O) groups is 1. The van der Waals surface area contributed by atoms with Crippen LogP contribution in [0.2, 0.25) is 0 Å². The molecule has 1 rings (SSSR count). The lowest BCUT2D eigenvalue weighted by atomic mass is 10.1. The lowest BCUT2D eigenvalue weighted by Crippen LogP contribution is -2.34. The Morgan fingerprint density at radius 1 is 1.69 bits per heavy atom. The highest BCUT2D eigenvalue weighted by Crippen LogP contribution is 2.23. The van der Waals surface area contributed by atoms with Gasteiger partial charge in [0.15, 0.2) is 0 Å². The average molecular weight is 223 g/mol. The lowest BCUT2D eigenvalue weighted by molar-refractivity contribution is -0.116. The molecule has 0 aromatic carbocycles. The SMILES string of the molecule is CCN(CC(N)=O)c1ncccc1C(C)O. The number of carbonyl (C=O) groups excluding carboxylic acids is 1. The fourth-order valence-corrected chi connectivity index (χ4v) is 1.52. The second-order valence-corrected chi connectivity index (χ2v) is 3.57. The second kappa shape index (κ2) is 5.46. The van der Waals surface area contributed by atoms with E-state index in [4.69, 9.17) is 5.73 Å². The van der Waals surface area contributed by atoms with Gasteiger partial charge < -0.3 is 15.7 Å². The summed E-state index contributed by atoms with van der Waals surface area (Å²) in [4.78, 5) is 16.8. The Bertz CT molecular complexity index is 366. The Balaban J connectivity index is 3.03. The number of likely N-dealkylation sites (N-methyl/N-ethyl adjacent to an activating group) is 1. The summed E-state index contributed by atoms with van der Waals surface area (Å²) in [6.45, 7) is 4.29. The highest BCUT2D eigenvalue weighted by atomic mass is 16.3. The molecule has 5 heteroatoms. The summed E-state index contributed by atoms with van der Waals surface area (Å²) in [6.07, 6.45) is 1.01. The number of nitrogens with two attached hydrogens (primary N) is 1. The van der Waals surface area contributed by atoms with E-state index in [1.807, 2.05) is 6.92 Å². The van der Waals surface area contributed by atoms with E-state index in [9.17, 15) is 9.90 Å². The van der Waals surface area contributed by atoms with Gasteiger partial charge in [-0.1, -0.05) is 6.07 Å². The van der Waals surface area contributed by atoms with E-state index in [1.54, 1.807) is 30.2 Å². The van der Waals surface area contributed by atoms with Crippen molar-refractivity contribution in [2.75, 3.05) is 18.0 Å². The molecular weight excluding hydrogens is 206 g/mol. The zero-order chi connectivity index (χ0) is 12.1. The number of hydrogen-bond acceptors (Lipinski definition) is 4. The molecule has 88 valence electrons. The normalized spacial score (nSPS) is 12.2. The van der Waals surface area contributed by atoms with Crippen LogP contribution in [0, 0.1) is 0 Å². The van der Waals surface area contributed by atoms with E-state index in [0.29, 0.717) is 17.9 Å². The summed E-state index contributed by atoms with van der Waals surface area (Å²) in [6, 6.07) is 3.54. The number of pyridine rings is 1. The number of aliphatic hydroxyl groups excluding tert-OH is 1. The molecule has 16 heavy (non-hydrogen) atoms. The van der Waals surface area contributed by atoms with Gasteiger partial charge >= 0.3 is 0 Å². The maximum Gasteiger partial charge on any atom is 0.236 e. The topological polar surface area (TPSA) is 79.5 Å². The number of hydrogen-bond donors (Lipinski definition) is 2. The first-order chi connectivity index (χ1) is 7.56. The van der Waals surface area contributed by atoms with Crippen molar-refractivity contribution in [1.82, 2.24) is 4.98 Å². The first-order valence-corrected chi connectivity index (χ1v) is 5.22. The van der Waals surface area contributed by atoms with Gasteiger partial charge in [0.1, 0.15) is 5.82 Å². The van der Waals surface area contributed by atoms with Crippen LogP contribution >= 0.6 is 0 Å². The highest BCUT2D eigenvalue weighted by molar-refractivity contribution is 5.79. The Morgan fingerprint density at radius 2 is 2.38 bits per heavy atom. The van der Waals surface area contributed by atoms with Crippen molar-refractivity contribution in [2.45, 2.75) is 20.0 Å². The summed E-state index contributed by atoms with van der Waals surface area (Å²) in [5, 5.41) is 9.60. The molecule has 5 nitrogen and oxygen atoms in total. The van der Waals surface area contributed by atoms with Crippen molar-refractivity contribution < 1.29 is 9.90 Å². The van der Waals surface area contributed by atoms with E-state index < -0.39 is 12.0 Å². The molecule has 1 aromatic rings. The summed E-state index contributed by atoms with van der Waals surface area (Å²) in [7, 11) is 0. The van der Waals surface area contributed by atoms with Gasteiger partial charge in [0.25, 0.3) is 0 Å². The Morgan fingerprint density at radius 3 is 2.88 bits per heavy atom. The second-order valence-electron chi connectivity index (χ2n) is 3.57. The minimum absolute atomic E-state index is 0.104. The molecule has 0 aliphatic carbocycles. The third-order valence-corrected chi connectivity index (χ3v) is 2.29. The number of nitrogens with zero attached hydrogens (tertiary/aromatic N) is 2. The summed E-state index contributed by atoms with van der Waals surface area (Å²) >= 11 is 0. The molecule has 1 heterocycles. The van der Waals surface area contributed by atoms with Crippen LogP contribution in [-0.2, 0) is 4.79 Å². The van der Waals surface area contributed by atoms with E-state index >= 15 is 0 Å². The molecular formula is C11H17N3O2. The van der Waals surface area contributed by atoms with Crippen LogP contribution < -0.4 is 10.6 Å². The van der Waals surface area contributed by atoms with Crippen molar-refractivity contribution in [3.8, 4) is 0 Å². The van der Waals surface area contributed by atoms with E-state index in [2.05, 4.69) is 4.98 Å². The zero-order valence-electron chi connectivity index (χ0n) is 9.55. The first kappa shape index (κ1) is 12.4. The number of aliphatic hydroxyl groups is 1. The standard InChI is InChI=1S/C11H17N3O2/c1-3-14(7-10(12)16)11-9(8(2)15)5-4-6-13-11/h4-6,8,15H,3,7H2,1-2H3,(H2,12,16). The molecule has 0 bridgehead atoms. The molecule has 0 radical (unpaired) electrons. The molecule has 3 N–H and O–H groups in total. The predicted octanol–water partition coefficient (Wildman–Crippen LogP) is 0.446. The number of amides is 1. The minimum Gasteiger partial charge on any atom is -0.389 e. The van der Waals surface area contributed by atoms with Gasteiger partial charge in [-0.25, -0.2) is 4.98 Å². The molecule has 1 aromatic heterocycles. The van der Waals surface area contributed by atoms with Crippen LogP contribution in [0.3, 0.4) is 0 Å². The maximum atomic E-state index is 10.9. The van der Waals surface area contributed by atoms with Gasteiger partial charge in [0.05, 0.1) is 12.6 Å². The third kappa shape index (κ3) is 2.93. The van der Waals surface area contributed by atoms with Crippen molar-refractivity contribution >= 4 is 11.7 Å². The molecule has 1 atom stereocenters. The lowest BCUT2D eigenvalue weighted by Gasteiger charge is -2.23. The van der Waals surface area contributed by atoms with Crippen LogP contribution in [0.25, 0.3) is 0 Å².